The summed E-state index contributed by atoms with van der Waals surface area (Å²) in [5.74, 6) is -1.44. The Bertz CT molecular complexity index is 1300. The number of methoxy groups -OCH3 is 1. The number of carbonyl (C=O) groups excluding carboxylic acids is 4. The largest absolute Gasteiger partial charge is 0.465 e. The van der Waals surface area contributed by atoms with Crippen LogP contribution in [0.3, 0.4) is 0 Å². The number of para-hydroxylation sites is 1. The van der Waals surface area contributed by atoms with Gasteiger partial charge in [-0.25, -0.2) is 4.79 Å². The van der Waals surface area contributed by atoms with E-state index in [0.29, 0.717) is 33.6 Å². The minimum absolute atomic E-state index is 0.209. The molecule has 1 atom stereocenters. The van der Waals surface area contributed by atoms with Crippen molar-refractivity contribution in [2.45, 2.75) is 6.17 Å². The van der Waals surface area contributed by atoms with Crippen LogP contribution < -0.4 is 10.2 Å². The van der Waals surface area contributed by atoms with Crippen molar-refractivity contribution >= 4 is 35.1 Å². The van der Waals surface area contributed by atoms with E-state index in [1.165, 1.54) is 24.1 Å². The van der Waals surface area contributed by atoms with Crippen molar-refractivity contribution in [2.75, 3.05) is 23.9 Å². The third-order valence-electron chi connectivity index (χ3n) is 5.79. The van der Waals surface area contributed by atoms with Crippen molar-refractivity contribution in [3.63, 3.8) is 0 Å². The third-order valence-corrected chi connectivity index (χ3v) is 5.79. The number of nitrogens with zero attached hydrogens (tertiary/aromatic N) is 2. The SMILES string of the molecule is COC(=O)c1ccc(NC(=O)CN2C(=O)c3ccccc3N3C(=O)c4ccccc4C23)cc1. The zero-order chi connectivity index (χ0) is 23.1. The Labute approximate surface area is 189 Å². The van der Waals surface area contributed by atoms with Crippen LogP contribution in [-0.2, 0) is 9.53 Å². The van der Waals surface area contributed by atoms with Gasteiger partial charge in [-0.05, 0) is 42.5 Å². The highest BCUT2D eigenvalue weighted by atomic mass is 16.5. The molecule has 0 saturated carbocycles. The van der Waals surface area contributed by atoms with Gasteiger partial charge in [0.05, 0.1) is 23.9 Å². The average Bonchev–Trinajstić information content (AvgIpc) is 3.14. The molecule has 0 bridgehead atoms. The summed E-state index contributed by atoms with van der Waals surface area (Å²) in [6.07, 6.45) is -0.705. The molecule has 0 radical (unpaired) electrons. The molecule has 0 aliphatic carbocycles. The van der Waals surface area contributed by atoms with Crippen molar-refractivity contribution < 1.29 is 23.9 Å². The maximum atomic E-state index is 13.4. The summed E-state index contributed by atoms with van der Waals surface area (Å²) >= 11 is 0. The van der Waals surface area contributed by atoms with Gasteiger partial charge in [-0.3, -0.25) is 19.3 Å². The summed E-state index contributed by atoms with van der Waals surface area (Å²) in [4.78, 5) is 54.0. The van der Waals surface area contributed by atoms with E-state index in [1.807, 2.05) is 6.07 Å². The van der Waals surface area contributed by atoms with Gasteiger partial charge in [-0.2, -0.15) is 0 Å². The van der Waals surface area contributed by atoms with E-state index in [2.05, 4.69) is 10.1 Å². The normalized spacial score (nSPS) is 16.1. The van der Waals surface area contributed by atoms with Crippen LogP contribution >= 0.6 is 0 Å². The number of hydrogen-bond acceptors (Lipinski definition) is 5. The number of hydrogen-bond donors (Lipinski definition) is 1. The fourth-order valence-electron chi connectivity index (χ4n) is 4.30. The molecular weight excluding hydrogens is 422 g/mol. The summed E-state index contributed by atoms with van der Waals surface area (Å²) in [7, 11) is 1.29. The number of amides is 3. The molecule has 164 valence electrons. The first kappa shape index (κ1) is 20.4. The standard InChI is InChI=1S/C25H19N3O5/c1-33-25(32)15-10-12-16(13-11-15)26-21(29)14-27-22-17-6-2-3-7-18(17)24(31)28(22)20-9-5-4-8-19(20)23(27)30/h2-13,22H,14H2,1H3,(H,26,29). The Morgan fingerprint density at radius 3 is 2.27 bits per heavy atom. The number of benzene rings is 3. The van der Waals surface area contributed by atoms with Gasteiger partial charge < -0.3 is 15.0 Å². The van der Waals surface area contributed by atoms with Crippen LogP contribution in [0.5, 0.6) is 0 Å². The molecule has 3 aromatic carbocycles. The highest BCUT2D eigenvalue weighted by molar-refractivity contribution is 6.17. The summed E-state index contributed by atoms with van der Waals surface area (Å²) in [5, 5.41) is 2.74. The first-order valence-corrected chi connectivity index (χ1v) is 10.3. The number of fused-ring (bicyclic) bond motifs is 5. The molecule has 0 aromatic heterocycles. The summed E-state index contributed by atoms with van der Waals surface area (Å²) in [5.41, 5.74) is 2.91. The molecule has 8 nitrogen and oxygen atoms in total. The van der Waals surface area contributed by atoms with E-state index in [4.69, 9.17) is 0 Å². The second-order valence-electron chi connectivity index (χ2n) is 7.70. The lowest BCUT2D eigenvalue weighted by Crippen LogP contribution is -2.50. The molecule has 3 aromatic rings. The fourth-order valence-corrected chi connectivity index (χ4v) is 4.30. The third kappa shape index (κ3) is 3.32. The van der Waals surface area contributed by atoms with Crippen LogP contribution in [0.25, 0.3) is 0 Å². The first-order valence-electron chi connectivity index (χ1n) is 10.3. The van der Waals surface area contributed by atoms with Gasteiger partial charge in [0.25, 0.3) is 11.8 Å². The predicted molar refractivity (Wildman–Crippen MR) is 120 cm³/mol. The maximum Gasteiger partial charge on any atom is 0.337 e. The zero-order valence-electron chi connectivity index (χ0n) is 17.6. The Morgan fingerprint density at radius 1 is 0.879 bits per heavy atom. The molecule has 3 amide bonds. The number of rotatable bonds is 4. The van der Waals surface area contributed by atoms with Gasteiger partial charge in [0.1, 0.15) is 12.7 Å². The summed E-state index contributed by atoms with van der Waals surface area (Å²) in [6, 6.07) is 20.3. The van der Waals surface area contributed by atoms with Gasteiger partial charge in [-0.1, -0.05) is 30.3 Å². The van der Waals surface area contributed by atoms with Gasteiger partial charge in [0.2, 0.25) is 5.91 Å². The Balaban J connectivity index is 1.45. The second-order valence-corrected chi connectivity index (χ2v) is 7.70. The van der Waals surface area contributed by atoms with E-state index in [1.54, 1.807) is 59.5 Å². The molecule has 33 heavy (non-hydrogen) atoms. The number of esters is 1. The zero-order valence-corrected chi connectivity index (χ0v) is 17.6. The Kier molecular flexibility index (Phi) is 4.90. The van der Waals surface area contributed by atoms with Crippen LogP contribution in [0, 0.1) is 0 Å². The number of ether oxygens (including phenoxy) is 1. The van der Waals surface area contributed by atoms with Gasteiger partial charge in [0.15, 0.2) is 0 Å². The van der Waals surface area contributed by atoms with Crippen molar-refractivity contribution in [1.82, 2.24) is 4.90 Å². The molecule has 8 heteroatoms. The Hall–Kier alpha value is -4.46. The fraction of sp³-hybridized carbons (Fsp3) is 0.120. The molecule has 1 unspecified atom stereocenters. The molecule has 0 spiro atoms. The second kappa shape index (κ2) is 7.90. The molecule has 2 heterocycles. The molecule has 2 aliphatic rings. The average molecular weight is 441 g/mol. The van der Waals surface area contributed by atoms with Crippen LogP contribution in [0.1, 0.15) is 42.8 Å². The highest BCUT2D eigenvalue weighted by Gasteiger charge is 2.48. The predicted octanol–water partition coefficient (Wildman–Crippen LogP) is 3.23. The lowest BCUT2D eigenvalue weighted by molar-refractivity contribution is -0.117. The van der Waals surface area contributed by atoms with E-state index < -0.39 is 18.0 Å². The number of carbonyl (C=O) groups is 4. The molecular formula is C25H19N3O5. The lowest BCUT2D eigenvalue weighted by Gasteiger charge is -2.40. The van der Waals surface area contributed by atoms with Crippen molar-refractivity contribution in [3.05, 3.63) is 95.1 Å². The molecule has 5 rings (SSSR count). The lowest BCUT2D eigenvalue weighted by atomic mass is 10.0. The van der Waals surface area contributed by atoms with Crippen molar-refractivity contribution in [2.24, 2.45) is 0 Å². The minimum atomic E-state index is -0.705. The van der Waals surface area contributed by atoms with Gasteiger partial charge in [0, 0.05) is 16.8 Å². The van der Waals surface area contributed by atoms with E-state index in [9.17, 15) is 19.2 Å². The van der Waals surface area contributed by atoms with E-state index >= 15 is 0 Å². The number of anilines is 2. The van der Waals surface area contributed by atoms with Crippen molar-refractivity contribution in [3.8, 4) is 0 Å². The van der Waals surface area contributed by atoms with Gasteiger partial charge in [-0.15, -0.1) is 0 Å². The monoisotopic (exact) mass is 441 g/mol. The Morgan fingerprint density at radius 2 is 1.55 bits per heavy atom. The quantitative estimate of drug-likeness (QED) is 0.627. The smallest absolute Gasteiger partial charge is 0.337 e. The van der Waals surface area contributed by atoms with E-state index in [0.717, 1.165) is 0 Å². The van der Waals surface area contributed by atoms with Crippen LogP contribution in [0.15, 0.2) is 72.8 Å². The van der Waals surface area contributed by atoms with E-state index in [-0.39, 0.29) is 18.4 Å². The molecule has 0 fully saturated rings. The minimum Gasteiger partial charge on any atom is -0.465 e. The van der Waals surface area contributed by atoms with Crippen LogP contribution in [0.2, 0.25) is 0 Å². The van der Waals surface area contributed by atoms with Crippen molar-refractivity contribution in [1.29, 1.82) is 0 Å². The molecule has 0 saturated heterocycles. The highest BCUT2D eigenvalue weighted by Crippen LogP contribution is 2.44. The van der Waals surface area contributed by atoms with Gasteiger partial charge >= 0.3 is 5.97 Å². The van der Waals surface area contributed by atoms with Crippen LogP contribution in [-0.4, -0.2) is 42.2 Å². The molecule has 2 aliphatic heterocycles. The summed E-state index contributed by atoms with van der Waals surface area (Å²) < 4.78 is 4.67. The first-order chi connectivity index (χ1) is 16.0. The number of nitrogens with one attached hydrogen (secondary N) is 1. The van der Waals surface area contributed by atoms with Crippen LogP contribution in [0.4, 0.5) is 11.4 Å². The summed E-state index contributed by atoms with van der Waals surface area (Å²) in [6.45, 7) is -0.255. The molecule has 1 N–H and O–H groups in total. The topological polar surface area (TPSA) is 96.0 Å². The maximum absolute atomic E-state index is 13.4.